The van der Waals surface area contributed by atoms with Gasteiger partial charge in [-0.3, -0.25) is 10.1 Å². The molecule has 0 aliphatic heterocycles. The van der Waals surface area contributed by atoms with Crippen molar-refractivity contribution in [2.75, 3.05) is 10.6 Å². The van der Waals surface area contributed by atoms with Crippen LogP contribution in [-0.4, -0.2) is 16.9 Å². The first-order valence-corrected chi connectivity index (χ1v) is 11.6. The minimum Gasteiger partial charge on any atom is -0.324 e. The summed E-state index contributed by atoms with van der Waals surface area (Å²) in [7, 11) is 0. The minimum absolute atomic E-state index is 0.261. The summed E-state index contributed by atoms with van der Waals surface area (Å²) in [5.41, 5.74) is 5.64. The van der Waals surface area contributed by atoms with Gasteiger partial charge in [-0.05, 0) is 61.7 Å². The largest absolute Gasteiger partial charge is 0.324 e. The van der Waals surface area contributed by atoms with Crippen LogP contribution in [0, 0.1) is 13.8 Å². The molecule has 0 fully saturated rings. The third-order valence-electron chi connectivity index (χ3n) is 5.89. The van der Waals surface area contributed by atoms with Gasteiger partial charge in [-0.1, -0.05) is 58.8 Å². The second kappa shape index (κ2) is 7.86. The predicted molar refractivity (Wildman–Crippen MR) is 134 cm³/mol. The summed E-state index contributed by atoms with van der Waals surface area (Å²) in [4.78, 5) is 29.9. The Hall–Kier alpha value is -3.42. The monoisotopic (exact) mass is 476 g/mol. The van der Waals surface area contributed by atoms with E-state index in [0.29, 0.717) is 26.9 Å². The molecule has 0 saturated heterocycles. The Balaban J connectivity index is 1.29. The first-order valence-electron chi connectivity index (χ1n) is 10.4. The molecule has 3 amide bonds. The average Bonchev–Trinajstić information content (AvgIpc) is 3.12. The van der Waals surface area contributed by atoms with Crippen molar-refractivity contribution in [3.63, 3.8) is 0 Å². The van der Waals surface area contributed by atoms with Crippen molar-refractivity contribution in [1.29, 1.82) is 0 Å². The zero-order chi connectivity index (χ0) is 23.3. The molecule has 1 atom stereocenters. The fourth-order valence-corrected chi connectivity index (χ4v) is 5.15. The number of rotatable bonds is 4. The molecule has 1 aliphatic carbocycles. The summed E-state index contributed by atoms with van der Waals surface area (Å²) in [6.07, 6.45) is 0. The Kier molecular flexibility index (Phi) is 5.11. The lowest BCUT2D eigenvalue weighted by atomic mass is 10.1. The van der Waals surface area contributed by atoms with Crippen LogP contribution in [0.15, 0.2) is 54.6 Å². The number of aryl methyl sites for hydroxylation is 2. The Morgan fingerprint density at radius 1 is 1.00 bits per heavy atom. The highest BCUT2D eigenvalue weighted by molar-refractivity contribution is 7.22. The molecule has 5 rings (SSSR count). The number of fused-ring (bicyclic) bond motifs is 2. The van der Waals surface area contributed by atoms with Gasteiger partial charge in [-0.2, -0.15) is 0 Å². The van der Waals surface area contributed by atoms with Gasteiger partial charge in [0, 0.05) is 5.56 Å². The van der Waals surface area contributed by atoms with Crippen molar-refractivity contribution in [3.05, 3.63) is 87.4 Å². The molecular weight excluding hydrogens is 456 g/mol. The Morgan fingerprint density at radius 3 is 2.58 bits per heavy atom. The molecule has 8 heteroatoms. The molecule has 6 nitrogen and oxygen atoms in total. The van der Waals surface area contributed by atoms with E-state index in [0.717, 1.165) is 27.0 Å². The first-order chi connectivity index (χ1) is 15.7. The van der Waals surface area contributed by atoms with E-state index in [1.807, 2.05) is 45.0 Å². The number of nitrogens with one attached hydrogen (secondary N) is 3. The zero-order valence-corrected chi connectivity index (χ0v) is 19.8. The lowest BCUT2D eigenvalue weighted by Crippen LogP contribution is -2.37. The SMILES string of the molecule is Cc1ccc2c(c1)[C@]2(C)NC(=O)Nc1nc2ccc(C(=O)Nc3c(C)cccc3Cl)cc2s1. The maximum Gasteiger partial charge on any atom is 0.322 e. The normalized spacial score (nSPS) is 16.2. The number of halogens is 1. The second-order valence-electron chi connectivity index (χ2n) is 8.34. The molecule has 0 radical (unpaired) electrons. The lowest BCUT2D eigenvalue weighted by molar-refractivity contribution is 0.102. The van der Waals surface area contributed by atoms with Gasteiger partial charge in [0.25, 0.3) is 5.91 Å². The molecule has 166 valence electrons. The van der Waals surface area contributed by atoms with Crippen molar-refractivity contribution in [2.24, 2.45) is 0 Å². The maximum absolute atomic E-state index is 12.8. The fourth-order valence-electron chi connectivity index (χ4n) is 3.98. The molecule has 0 unspecified atom stereocenters. The molecule has 4 aromatic rings. The van der Waals surface area contributed by atoms with Crippen LogP contribution in [0.25, 0.3) is 10.2 Å². The molecule has 0 spiro atoms. The van der Waals surface area contributed by atoms with E-state index >= 15 is 0 Å². The molecule has 0 bridgehead atoms. The van der Waals surface area contributed by atoms with Gasteiger partial charge in [0.1, 0.15) is 0 Å². The highest BCUT2D eigenvalue weighted by Crippen LogP contribution is 2.47. The number of anilines is 2. The Morgan fingerprint density at radius 2 is 1.82 bits per heavy atom. The number of urea groups is 1. The van der Waals surface area contributed by atoms with E-state index < -0.39 is 5.54 Å². The first kappa shape index (κ1) is 21.4. The van der Waals surface area contributed by atoms with Crippen LogP contribution in [0.1, 0.15) is 39.5 Å². The predicted octanol–water partition coefficient (Wildman–Crippen LogP) is 6.22. The number of carbonyl (C=O) groups excluding carboxylic acids is 2. The summed E-state index contributed by atoms with van der Waals surface area (Å²) in [6, 6.07) is 16.5. The van der Waals surface area contributed by atoms with Crippen molar-refractivity contribution >= 4 is 55.9 Å². The standard InChI is InChI=1S/C25H21ClN4O2S/c1-13-7-9-16-17(11-13)25(16,3)30-23(32)29-24-27-19-10-8-15(12-20(19)33-24)22(31)28-21-14(2)5-4-6-18(21)26/h4-12H,1-3H3,(H,28,31)(H2,27,29,30,32)/t25-/m1/s1. The number of carbonyl (C=O) groups is 2. The number of benzene rings is 3. The van der Waals surface area contributed by atoms with Crippen molar-refractivity contribution < 1.29 is 9.59 Å². The third kappa shape index (κ3) is 3.94. The van der Waals surface area contributed by atoms with Crippen molar-refractivity contribution in [3.8, 4) is 0 Å². The van der Waals surface area contributed by atoms with Gasteiger partial charge in [-0.15, -0.1) is 0 Å². The van der Waals surface area contributed by atoms with Crippen LogP contribution >= 0.6 is 22.9 Å². The lowest BCUT2D eigenvalue weighted by Gasteiger charge is -2.12. The van der Waals surface area contributed by atoms with Crippen LogP contribution in [0.5, 0.6) is 0 Å². The minimum atomic E-state index is -0.447. The topological polar surface area (TPSA) is 83.1 Å². The van der Waals surface area contributed by atoms with Gasteiger partial charge >= 0.3 is 6.03 Å². The molecule has 1 heterocycles. The van der Waals surface area contributed by atoms with Gasteiger partial charge in [0.15, 0.2) is 5.13 Å². The summed E-state index contributed by atoms with van der Waals surface area (Å²) < 4.78 is 0.797. The van der Waals surface area contributed by atoms with Crippen LogP contribution in [0.3, 0.4) is 0 Å². The highest BCUT2D eigenvalue weighted by atomic mass is 35.5. The number of hydrogen-bond donors (Lipinski definition) is 3. The van der Waals surface area contributed by atoms with Crippen LogP contribution in [0.4, 0.5) is 15.6 Å². The number of thiazole rings is 1. The Labute approximate surface area is 200 Å². The van der Waals surface area contributed by atoms with E-state index in [1.165, 1.54) is 11.3 Å². The number of para-hydroxylation sites is 1. The van der Waals surface area contributed by atoms with Gasteiger partial charge in [0.05, 0.1) is 26.5 Å². The number of hydrogen-bond acceptors (Lipinski definition) is 4. The van der Waals surface area contributed by atoms with E-state index in [4.69, 9.17) is 11.6 Å². The van der Waals surface area contributed by atoms with Crippen LogP contribution < -0.4 is 16.0 Å². The van der Waals surface area contributed by atoms with Crippen LogP contribution in [-0.2, 0) is 5.54 Å². The van der Waals surface area contributed by atoms with Gasteiger partial charge in [0.2, 0.25) is 0 Å². The quantitative estimate of drug-likeness (QED) is 0.327. The second-order valence-corrected chi connectivity index (χ2v) is 9.78. The Bertz CT molecular complexity index is 1430. The summed E-state index contributed by atoms with van der Waals surface area (Å²) in [5.74, 6) is -0.261. The van der Waals surface area contributed by atoms with Gasteiger partial charge < -0.3 is 10.6 Å². The fraction of sp³-hybridized carbons (Fsp3) is 0.160. The summed E-state index contributed by atoms with van der Waals surface area (Å²) in [5, 5.41) is 9.67. The number of amides is 3. The van der Waals surface area contributed by atoms with Crippen molar-refractivity contribution in [2.45, 2.75) is 26.3 Å². The van der Waals surface area contributed by atoms with E-state index in [-0.39, 0.29) is 11.9 Å². The summed E-state index contributed by atoms with van der Waals surface area (Å²) in [6.45, 7) is 5.91. The molecule has 33 heavy (non-hydrogen) atoms. The average molecular weight is 477 g/mol. The number of nitrogens with zero attached hydrogens (tertiary/aromatic N) is 1. The molecule has 3 aromatic carbocycles. The molecule has 3 N–H and O–H groups in total. The van der Waals surface area contributed by atoms with E-state index in [2.05, 4.69) is 27.0 Å². The third-order valence-corrected chi connectivity index (χ3v) is 7.13. The maximum atomic E-state index is 12.8. The van der Waals surface area contributed by atoms with Crippen molar-refractivity contribution in [1.82, 2.24) is 10.3 Å². The van der Waals surface area contributed by atoms with Crippen LogP contribution in [0.2, 0.25) is 5.02 Å². The zero-order valence-electron chi connectivity index (χ0n) is 18.2. The van der Waals surface area contributed by atoms with E-state index in [9.17, 15) is 9.59 Å². The highest BCUT2D eigenvalue weighted by Gasteiger charge is 2.47. The number of aromatic nitrogens is 1. The molecule has 1 aliphatic rings. The smallest absolute Gasteiger partial charge is 0.322 e. The molecular formula is C25H21ClN4O2S. The molecule has 1 aromatic heterocycles. The van der Waals surface area contributed by atoms with E-state index in [1.54, 1.807) is 24.3 Å². The summed E-state index contributed by atoms with van der Waals surface area (Å²) >= 11 is 7.54. The molecule has 0 saturated carbocycles. The van der Waals surface area contributed by atoms with Gasteiger partial charge in [-0.25, -0.2) is 9.78 Å².